The molecule has 2 fully saturated rings. The van der Waals surface area contributed by atoms with Crippen LogP contribution in [0.3, 0.4) is 0 Å². The SMILES string of the molecule is Cc1nc(CNC(=O)C2NCC3CCCC32)sc1C(=O)O. The van der Waals surface area contributed by atoms with E-state index in [1.54, 1.807) is 6.92 Å². The Kier molecular flexibility index (Phi) is 3.95. The maximum atomic E-state index is 12.3. The van der Waals surface area contributed by atoms with E-state index in [9.17, 15) is 9.59 Å². The predicted octanol–water partition coefficient (Wildman–Crippen LogP) is 1.15. The van der Waals surface area contributed by atoms with Crippen molar-refractivity contribution in [1.82, 2.24) is 15.6 Å². The van der Waals surface area contributed by atoms with Crippen LogP contribution in [0.15, 0.2) is 0 Å². The van der Waals surface area contributed by atoms with Gasteiger partial charge >= 0.3 is 5.97 Å². The van der Waals surface area contributed by atoms with Crippen LogP contribution in [0.25, 0.3) is 0 Å². The third kappa shape index (κ3) is 2.80. The van der Waals surface area contributed by atoms with Crippen molar-refractivity contribution in [3.8, 4) is 0 Å². The van der Waals surface area contributed by atoms with E-state index in [0.717, 1.165) is 24.3 Å². The monoisotopic (exact) mass is 309 g/mol. The van der Waals surface area contributed by atoms with Gasteiger partial charge in [0.25, 0.3) is 0 Å². The van der Waals surface area contributed by atoms with Crippen LogP contribution in [0.1, 0.15) is 39.6 Å². The Labute approximate surface area is 127 Å². The largest absolute Gasteiger partial charge is 0.477 e. The second-order valence-corrected chi connectivity index (χ2v) is 6.87. The molecule has 1 saturated heterocycles. The molecule has 1 aliphatic carbocycles. The van der Waals surface area contributed by atoms with Crippen molar-refractivity contribution in [2.75, 3.05) is 6.54 Å². The molecule has 0 radical (unpaired) electrons. The summed E-state index contributed by atoms with van der Waals surface area (Å²) < 4.78 is 0. The minimum absolute atomic E-state index is 0.00845. The summed E-state index contributed by atoms with van der Waals surface area (Å²) in [6.07, 6.45) is 3.55. The molecule has 1 saturated carbocycles. The zero-order valence-corrected chi connectivity index (χ0v) is 12.7. The average molecular weight is 309 g/mol. The number of carboxylic acid groups (broad SMARTS) is 1. The fourth-order valence-corrected chi connectivity index (χ4v) is 4.32. The zero-order chi connectivity index (χ0) is 15.0. The molecule has 21 heavy (non-hydrogen) atoms. The first-order valence-corrected chi connectivity index (χ1v) is 8.08. The molecular weight excluding hydrogens is 290 g/mol. The van der Waals surface area contributed by atoms with E-state index in [4.69, 9.17) is 5.11 Å². The molecule has 0 spiro atoms. The maximum absolute atomic E-state index is 12.3. The number of nitrogens with one attached hydrogen (secondary N) is 2. The number of nitrogens with zero attached hydrogens (tertiary/aromatic N) is 1. The van der Waals surface area contributed by atoms with Crippen molar-refractivity contribution in [1.29, 1.82) is 0 Å². The number of carbonyl (C=O) groups is 2. The molecule has 114 valence electrons. The second-order valence-electron chi connectivity index (χ2n) is 5.79. The van der Waals surface area contributed by atoms with E-state index in [2.05, 4.69) is 15.6 Å². The van der Waals surface area contributed by atoms with Gasteiger partial charge in [-0.05, 0) is 38.1 Å². The highest BCUT2D eigenvalue weighted by atomic mass is 32.1. The first-order valence-electron chi connectivity index (χ1n) is 7.27. The van der Waals surface area contributed by atoms with Gasteiger partial charge in [-0.1, -0.05) is 6.42 Å². The van der Waals surface area contributed by atoms with Gasteiger partial charge in [-0.2, -0.15) is 0 Å². The summed E-state index contributed by atoms with van der Waals surface area (Å²) in [5, 5.41) is 15.8. The van der Waals surface area contributed by atoms with Crippen molar-refractivity contribution >= 4 is 23.2 Å². The number of fused-ring (bicyclic) bond motifs is 1. The van der Waals surface area contributed by atoms with Gasteiger partial charge < -0.3 is 15.7 Å². The standard InChI is InChI=1S/C14H19N3O3S/c1-7-12(14(19)20)21-10(17-7)6-16-13(18)11-9-4-2-3-8(9)5-15-11/h8-9,11,15H,2-6H2,1H3,(H,16,18)(H,19,20). The fourth-order valence-electron chi connectivity index (χ4n) is 3.47. The van der Waals surface area contributed by atoms with Gasteiger partial charge in [-0.15, -0.1) is 11.3 Å². The van der Waals surface area contributed by atoms with Crippen LogP contribution in [-0.4, -0.2) is 34.6 Å². The molecule has 1 aliphatic heterocycles. The van der Waals surface area contributed by atoms with Gasteiger partial charge in [0.1, 0.15) is 9.88 Å². The Balaban J connectivity index is 1.59. The number of aromatic nitrogens is 1. The molecule has 3 unspecified atom stereocenters. The van der Waals surface area contributed by atoms with Gasteiger partial charge in [0.05, 0.1) is 18.3 Å². The highest BCUT2D eigenvalue weighted by Gasteiger charge is 2.42. The molecular formula is C14H19N3O3S. The van der Waals surface area contributed by atoms with Crippen LogP contribution in [0.5, 0.6) is 0 Å². The van der Waals surface area contributed by atoms with Crippen LogP contribution >= 0.6 is 11.3 Å². The van der Waals surface area contributed by atoms with Crippen molar-refractivity contribution in [3.05, 3.63) is 15.6 Å². The fraction of sp³-hybridized carbons (Fsp3) is 0.643. The van der Waals surface area contributed by atoms with Gasteiger partial charge in [0.15, 0.2) is 0 Å². The molecule has 0 bridgehead atoms. The first kappa shape index (κ1) is 14.5. The number of hydrogen-bond acceptors (Lipinski definition) is 5. The minimum Gasteiger partial charge on any atom is -0.477 e. The van der Waals surface area contributed by atoms with Crippen LogP contribution in [0.2, 0.25) is 0 Å². The molecule has 2 aliphatic rings. The number of rotatable bonds is 4. The first-order chi connectivity index (χ1) is 10.1. The Hall–Kier alpha value is -1.47. The van der Waals surface area contributed by atoms with Gasteiger partial charge in [-0.3, -0.25) is 4.79 Å². The third-order valence-corrected chi connectivity index (χ3v) is 5.62. The minimum atomic E-state index is -0.964. The van der Waals surface area contributed by atoms with Gasteiger partial charge in [0.2, 0.25) is 5.91 Å². The van der Waals surface area contributed by atoms with Gasteiger partial charge in [-0.25, -0.2) is 9.78 Å². The maximum Gasteiger partial charge on any atom is 0.347 e. The quantitative estimate of drug-likeness (QED) is 0.776. The molecule has 3 N–H and O–H groups in total. The molecule has 3 atom stereocenters. The third-order valence-electron chi connectivity index (χ3n) is 4.48. The van der Waals surface area contributed by atoms with Crippen molar-refractivity contribution in [2.24, 2.45) is 11.8 Å². The number of aromatic carboxylic acids is 1. The summed E-state index contributed by atoms with van der Waals surface area (Å²) in [7, 11) is 0. The van der Waals surface area contributed by atoms with Crippen LogP contribution in [0.4, 0.5) is 0 Å². The zero-order valence-electron chi connectivity index (χ0n) is 11.9. The molecule has 2 heterocycles. The van der Waals surface area contributed by atoms with E-state index < -0.39 is 5.97 Å². The number of amides is 1. The lowest BCUT2D eigenvalue weighted by Crippen LogP contribution is -2.43. The second kappa shape index (κ2) is 5.73. The Bertz CT molecular complexity index is 572. The summed E-state index contributed by atoms with van der Waals surface area (Å²) >= 11 is 1.13. The van der Waals surface area contributed by atoms with Crippen LogP contribution in [-0.2, 0) is 11.3 Å². The van der Waals surface area contributed by atoms with E-state index in [1.165, 1.54) is 12.8 Å². The lowest BCUT2D eigenvalue weighted by atomic mass is 9.94. The smallest absolute Gasteiger partial charge is 0.347 e. The number of carboxylic acids is 1. The highest BCUT2D eigenvalue weighted by molar-refractivity contribution is 7.13. The normalized spacial score (nSPS) is 27.6. The van der Waals surface area contributed by atoms with E-state index in [0.29, 0.717) is 29.1 Å². The Morgan fingerprint density at radius 1 is 1.48 bits per heavy atom. The highest BCUT2D eigenvalue weighted by Crippen LogP contribution is 2.37. The van der Waals surface area contributed by atoms with Crippen molar-refractivity contribution in [2.45, 2.75) is 38.8 Å². The summed E-state index contributed by atoms with van der Waals surface area (Å²) in [5.41, 5.74) is 0.506. The van der Waals surface area contributed by atoms with Crippen LogP contribution in [0, 0.1) is 18.8 Å². The van der Waals surface area contributed by atoms with Gasteiger partial charge in [0, 0.05) is 0 Å². The summed E-state index contributed by atoms with van der Waals surface area (Å²) in [4.78, 5) is 27.7. The number of carbonyl (C=O) groups excluding carboxylic acids is 1. The summed E-state index contributed by atoms with van der Waals surface area (Å²) in [5.74, 6) is 0.141. The lowest BCUT2D eigenvalue weighted by molar-refractivity contribution is -0.123. The molecule has 6 nitrogen and oxygen atoms in total. The summed E-state index contributed by atoms with van der Waals surface area (Å²) in [6.45, 7) is 2.91. The number of thiazole rings is 1. The predicted molar refractivity (Wildman–Crippen MR) is 78.3 cm³/mol. The topological polar surface area (TPSA) is 91.3 Å². The number of hydrogen-bond donors (Lipinski definition) is 3. The average Bonchev–Trinajstić information content (AvgIpc) is 3.09. The van der Waals surface area contributed by atoms with E-state index in [-0.39, 0.29) is 16.8 Å². The molecule has 1 aromatic heterocycles. The van der Waals surface area contributed by atoms with E-state index >= 15 is 0 Å². The molecule has 7 heteroatoms. The van der Waals surface area contributed by atoms with E-state index in [1.807, 2.05) is 0 Å². The lowest BCUT2D eigenvalue weighted by Gasteiger charge is -2.17. The van der Waals surface area contributed by atoms with Crippen LogP contribution < -0.4 is 10.6 Å². The summed E-state index contributed by atoms with van der Waals surface area (Å²) in [6, 6.07) is -0.0995. The van der Waals surface area contributed by atoms with Crippen molar-refractivity contribution < 1.29 is 14.7 Å². The molecule has 3 rings (SSSR count). The van der Waals surface area contributed by atoms with Crippen molar-refractivity contribution in [3.63, 3.8) is 0 Å². The molecule has 1 amide bonds. The Morgan fingerprint density at radius 2 is 2.29 bits per heavy atom. The Morgan fingerprint density at radius 3 is 3.00 bits per heavy atom. The molecule has 1 aromatic rings. The molecule has 0 aromatic carbocycles. The number of aryl methyl sites for hydroxylation is 1.